The number of anilines is 1. The van der Waals surface area contributed by atoms with Crippen LogP contribution in [-0.2, 0) is 0 Å². The van der Waals surface area contributed by atoms with Crippen LogP contribution in [0.4, 0.5) is 23.4 Å². The number of hydrogen-bond acceptors (Lipinski definition) is 7. The highest BCUT2D eigenvalue weighted by atomic mass is 19.2. The molecule has 2 aromatic carbocycles. The Morgan fingerprint density at radius 1 is 1.14 bits per heavy atom. The van der Waals surface area contributed by atoms with Crippen molar-refractivity contribution in [3.8, 4) is 17.3 Å². The number of halogens is 4. The van der Waals surface area contributed by atoms with Crippen LogP contribution < -0.4 is 15.0 Å². The molecule has 11 heteroatoms. The molecular weight excluding hydrogens is 548 g/mol. The van der Waals surface area contributed by atoms with Crippen molar-refractivity contribution in [2.75, 3.05) is 38.1 Å². The maximum atomic E-state index is 16.4. The van der Waals surface area contributed by atoms with Crippen molar-refractivity contribution in [1.82, 2.24) is 25.2 Å². The lowest BCUT2D eigenvalue weighted by atomic mass is 9.94. The van der Waals surface area contributed by atoms with Crippen molar-refractivity contribution in [2.24, 2.45) is 0 Å². The topological polar surface area (TPSA) is 66.4 Å². The van der Waals surface area contributed by atoms with E-state index in [1.54, 1.807) is 12.1 Å². The third-order valence-corrected chi connectivity index (χ3v) is 8.96. The van der Waals surface area contributed by atoms with Crippen LogP contribution in [0.1, 0.15) is 25.7 Å². The maximum absolute atomic E-state index is 16.4. The van der Waals surface area contributed by atoms with Gasteiger partial charge in [0.1, 0.15) is 23.2 Å². The van der Waals surface area contributed by atoms with E-state index in [1.807, 2.05) is 18.0 Å². The van der Waals surface area contributed by atoms with Crippen LogP contribution in [-0.4, -0.2) is 70.8 Å². The smallest absolute Gasteiger partial charge is 0.324 e. The molecule has 3 fully saturated rings. The first-order chi connectivity index (χ1) is 20.3. The molecule has 7 rings (SSSR count). The summed E-state index contributed by atoms with van der Waals surface area (Å²) in [5.41, 5.74) is -0.497. The second-order valence-electron chi connectivity index (χ2n) is 11.4. The first kappa shape index (κ1) is 27.0. The van der Waals surface area contributed by atoms with Crippen molar-refractivity contribution in [2.45, 2.75) is 43.4 Å². The van der Waals surface area contributed by atoms with Gasteiger partial charge < -0.3 is 15.0 Å². The Bertz CT molecular complexity index is 1710. The van der Waals surface area contributed by atoms with E-state index in [4.69, 9.17) is 4.74 Å². The molecule has 0 bridgehead atoms. The van der Waals surface area contributed by atoms with E-state index in [-0.39, 0.29) is 34.2 Å². The number of alkyl halides is 1. The number of nitrogens with one attached hydrogen (secondary N) is 1. The Hall–Kier alpha value is -3.83. The average Bonchev–Trinajstić information content (AvgIpc) is 3.71. The fraction of sp³-hybridized carbons (Fsp3) is 0.387. The van der Waals surface area contributed by atoms with E-state index in [0.29, 0.717) is 29.6 Å². The van der Waals surface area contributed by atoms with Gasteiger partial charge in [-0.1, -0.05) is 24.3 Å². The number of benzene rings is 2. The fourth-order valence-electron chi connectivity index (χ4n) is 6.81. The molecular formula is C31H30F4N6O. The molecule has 0 amide bonds. The summed E-state index contributed by atoms with van der Waals surface area (Å²) in [6.07, 6.45) is 7.00. The Kier molecular flexibility index (Phi) is 6.73. The van der Waals surface area contributed by atoms with Gasteiger partial charge in [0.2, 0.25) is 0 Å². The molecule has 2 aromatic heterocycles. The summed E-state index contributed by atoms with van der Waals surface area (Å²) in [5, 5.41) is 4.05. The summed E-state index contributed by atoms with van der Waals surface area (Å²) in [6, 6.07) is 7.29. The Morgan fingerprint density at radius 2 is 2.02 bits per heavy atom. The molecule has 0 radical (unpaired) electrons. The Morgan fingerprint density at radius 3 is 2.86 bits per heavy atom. The Labute approximate surface area is 240 Å². The number of rotatable bonds is 6. The third kappa shape index (κ3) is 4.46. The predicted molar refractivity (Wildman–Crippen MR) is 153 cm³/mol. The van der Waals surface area contributed by atoms with Gasteiger partial charge in [0.05, 0.1) is 11.6 Å². The zero-order valence-electron chi connectivity index (χ0n) is 23.1. The van der Waals surface area contributed by atoms with Crippen LogP contribution in [0.25, 0.3) is 32.9 Å². The minimum Gasteiger partial charge on any atom is -0.432 e. The lowest BCUT2D eigenvalue weighted by molar-refractivity contribution is 0.243. The highest BCUT2D eigenvalue weighted by molar-refractivity contribution is 5.99. The van der Waals surface area contributed by atoms with E-state index in [1.165, 1.54) is 24.6 Å². The van der Waals surface area contributed by atoms with Crippen LogP contribution in [0, 0.1) is 17.5 Å². The van der Waals surface area contributed by atoms with Gasteiger partial charge in [-0.3, -0.25) is 9.88 Å². The molecule has 5 heterocycles. The molecule has 3 aliphatic heterocycles. The monoisotopic (exact) mass is 578 g/mol. The fourth-order valence-corrected chi connectivity index (χ4v) is 6.81. The summed E-state index contributed by atoms with van der Waals surface area (Å²) in [7, 11) is 1.88. The van der Waals surface area contributed by atoms with E-state index in [0.717, 1.165) is 45.0 Å². The van der Waals surface area contributed by atoms with E-state index in [9.17, 15) is 13.2 Å². The molecule has 3 aliphatic rings. The number of aromatic nitrogens is 3. The minimum atomic E-state index is -1.07. The van der Waals surface area contributed by atoms with Crippen LogP contribution >= 0.6 is 0 Å². The summed E-state index contributed by atoms with van der Waals surface area (Å²) < 4.78 is 65.7. The standard InChI is InChI=1S/C31H30F4N6O/c1-40(20-8-11-36-15-20)29-22-16-37-27(21-5-2-4-18-6-7-23(33)25(34)24(18)21)26(35)28(22)38-30(39-29)42-13-10-31-9-3-12-41(31)17-19(32)14-31/h2,4-7,10,13,16,19-20,36H,3,8-9,11-12,14-15,17H2,1H3/b13-10+/t19-,20-,31?/m1/s1. The van der Waals surface area contributed by atoms with Gasteiger partial charge in [0.25, 0.3) is 0 Å². The molecule has 4 aromatic rings. The largest absolute Gasteiger partial charge is 0.432 e. The molecule has 42 heavy (non-hydrogen) atoms. The summed E-state index contributed by atoms with van der Waals surface area (Å²) in [4.78, 5) is 17.5. The van der Waals surface area contributed by atoms with Gasteiger partial charge in [0.15, 0.2) is 17.5 Å². The number of pyridine rings is 1. The van der Waals surface area contributed by atoms with Crippen molar-refractivity contribution in [3.05, 3.63) is 66.3 Å². The van der Waals surface area contributed by atoms with Gasteiger partial charge in [-0.05, 0) is 49.9 Å². The molecule has 1 N–H and O–H groups in total. The van der Waals surface area contributed by atoms with Crippen molar-refractivity contribution >= 4 is 27.5 Å². The zero-order chi connectivity index (χ0) is 29.0. The number of ether oxygens (including phenoxy) is 1. The number of likely N-dealkylation sites (N-methyl/N-ethyl adjacent to an activating group) is 1. The van der Waals surface area contributed by atoms with Crippen molar-refractivity contribution in [3.63, 3.8) is 0 Å². The quantitative estimate of drug-likeness (QED) is 0.239. The van der Waals surface area contributed by atoms with Crippen molar-refractivity contribution < 1.29 is 22.3 Å². The molecule has 0 saturated carbocycles. The van der Waals surface area contributed by atoms with Crippen LogP contribution in [0.3, 0.4) is 0 Å². The van der Waals surface area contributed by atoms with Crippen LogP contribution in [0.5, 0.6) is 6.01 Å². The average molecular weight is 579 g/mol. The van der Waals surface area contributed by atoms with Gasteiger partial charge in [-0.2, -0.15) is 9.97 Å². The van der Waals surface area contributed by atoms with Gasteiger partial charge >= 0.3 is 6.01 Å². The SMILES string of the molecule is CN(c1nc(O/C=C/C23CCCN2C[C@H](F)C3)nc2c(F)c(-c3cccc4ccc(F)c(F)c34)ncc12)[C@@H]1CCNC1. The lowest BCUT2D eigenvalue weighted by Gasteiger charge is -2.27. The zero-order valence-corrected chi connectivity index (χ0v) is 23.1. The van der Waals surface area contributed by atoms with E-state index >= 15 is 4.39 Å². The predicted octanol–water partition coefficient (Wildman–Crippen LogP) is 5.53. The number of fused-ring (bicyclic) bond motifs is 3. The van der Waals surface area contributed by atoms with Gasteiger partial charge in [0, 0.05) is 55.3 Å². The first-order valence-corrected chi connectivity index (χ1v) is 14.2. The molecule has 218 valence electrons. The summed E-state index contributed by atoms with van der Waals surface area (Å²) in [5.74, 6) is -2.46. The highest BCUT2D eigenvalue weighted by Crippen LogP contribution is 2.41. The normalized spacial score (nSPS) is 24.3. The van der Waals surface area contributed by atoms with E-state index < -0.39 is 29.2 Å². The number of hydrogen-bond donors (Lipinski definition) is 1. The molecule has 3 saturated heterocycles. The Balaban J connectivity index is 1.34. The second-order valence-corrected chi connectivity index (χ2v) is 11.4. The molecule has 0 aliphatic carbocycles. The van der Waals surface area contributed by atoms with Crippen molar-refractivity contribution in [1.29, 1.82) is 0 Å². The third-order valence-electron chi connectivity index (χ3n) is 8.96. The summed E-state index contributed by atoms with van der Waals surface area (Å²) in [6.45, 7) is 2.82. The molecule has 1 unspecified atom stereocenters. The van der Waals surface area contributed by atoms with Gasteiger partial charge in [-0.15, -0.1) is 0 Å². The van der Waals surface area contributed by atoms with Crippen LogP contribution in [0.15, 0.2) is 48.9 Å². The van der Waals surface area contributed by atoms with Gasteiger partial charge in [-0.25, -0.2) is 17.6 Å². The van der Waals surface area contributed by atoms with E-state index in [2.05, 4.69) is 25.2 Å². The highest BCUT2D eigenvalue weighted by Gasteiger charge is 2.47. The lowest BCUT2D eigenvalue weighted by Crippen LogP contribution is -2.36. The number of nitrogens with zero attached hydrogens (tertiary/aromatic N) is 5. The minimum absolute atomic E-state index is 0.0506. The molecule has 3 atom stereocenters. The second kappa shape index (κ2) is 10.5. The first-order valence-electron chi connectivity index (χ1n) is 14.2. The molecule has 0 spiro atoms. The maximum Gasteiger partial charge on any atom is 0.324 e. The summed E-state index contributed by atoms with van der Waals surface area (Å²) >= 11 is 0. The van der Waals surface area contributed by atoms with Crippen LogP contribution in [0.2, 0.25) is 0 Å². The molecule has 7 nitrogen and oxygen atoms in total.